The van der Waals surface area contributed by atoms with E-state index in [9.17, 15) is 9.59 Å². The summed E-state index contributed by atoms with van der Waals surface area (Å²) in [6.07, 6.45) is 1.61. The van der Waals surface area contributed by atoms with E-state index in [4.69, 9.17) is 4.74 Å². The molecule has 0 radical (unpaired) electrons. The van der Waals surface area contributed by atoms with Crippen LogP contribution in [0.15, 0.2) is 29.4 Å². The summed E-state index contributed by atoms with van der Waals surface area (Å²) in [7, 11) is 1.37. The molecule has 1 N–H and O–H groups in total. The highest BCUT2D eigenvalue weighted by molar-refractivity contribution is 5.90. The van der Waals surface area contributed by atoms with Gasteiger partial charge in [-0.2, -0.15) is 5.10 Å². The first-order chi connectivity index (χ1) is 11.3. The van der Waals surface area contributed by atoms with Gasteiger partial charge in [0.25, 0.3) is 0 Å². The van der Waals surface area contributed by atoms with Crippen molar-refractivity contribution in [2.45, 2.75) is 27.7 Å². The summed E-state index contributed by atoms with van der Waals surface area (Å²) in [5.41, 5.74) is 7.70. The van der Waals surface area contributed by atoms with Crippen molar-refractivity contribution in [3.8, 4) is 5.69 Å². The van der Waals surface area contributed by atoms with Crippen molar-refractivity contribution in [2.24, 2.45) is 5.10 Å². The minimum absolute atomic E-state index is 0.221. The molecule has 1 heterocycles. The van der Waals surface area contributed by atoms with Crippen LogP contribution in [0.4, 0.5) is 0 Å². The lowest BCUT2D eigenvalue weighted by molar-refractivity contribution is -0.118. The monoisotopic (exact) mass is 327 g/mol. The molecule has 6 nitrogen and oxygen atoms in total. The largest absolute Gasteiger partial charge is 0.465 e. The first kappa shape index (κ1) is 17.5. The van der Waals surface area contributed by atoms with E-state index < -0.39 is 0 Å². The Kier molecular flexibility index (Phi) is 5.18. The van der Waals surface area contributed by atoms with E-state index in [1.165, 1.54) is 14.0 Å². The number of hydrazone groups is 1. The number of amides is 1. The zero-order valence-electron chi connectivity index (χ0n) is 14.5. The molecule has 0 aliphatic rings. The molecule has 24 heavy (non-hydrogen) atoms. The van der Waals surface area contributed by atoms with Crippen LogP contribution in [0.2, 0.25) is 0 Å². The molecule has 0 spiro atoms. The van der Waals surface area contributed by atoms with Gasteiger partial charge in [-0.05, 0) is 44.5 Å². The number of rotatable bonds is 4. The Balaban J connectivity index is 2.49. The number of methoxy groups -OCH3 is 1. The smallest absolute Gasteiger partial charge is 0.337 e. The van der Waals surface area contributed by atoms with Gasteiger partial charge in [0, 0.05) is 29.6 Å². The fraction of sp³-hybridized carbons (Fsp3) is 0.278. The average molecular weight is 327 g/mol. The lowest BCUT2D eigenvalue weighted by atomic mass is 10.1. The first-order valence-corrected chi connectivity index (χ1v) is 7.53. The molecule has 0 atom stereocenters. The van der Waals surface area contributed by atoms with Crippen LogP contribution in [0.25, 0.3) is 5.69 Å². The number of hydrogen-bond acceptors (Lipinski definition) is 4. The van der Waals surface area contributed by atoms with Crippen molar-refractivity contribution in [2.75, 3.05) is 7.11 Å². The van der Waals surface area contributed by atoms with E-state index in [1.54, 1.807) is 12.3 Å². The van der Waals surface area contributed by atoms with E-state index in [2.05, 4.69) is 15.1 Å². The number of carbonyl (C=O) groups excluding carboxylic acids is 2. The minimum atomic E-state index is -0.369. The van der Waals surface area contributed by atoms with Crippen molar-refractivity contribution >= 4 is 18.1 Å². The molecule has 1 aromatic heterocycles. The number of nitrogens with one attached hydrogen (secondary N) is 1. The molecule has 1 amide bonds. The van der Waals surface area contributed by atoms with Gasteiger partial charge >= 0.3 is 5.97 Å². The van der Waals surface area contributed by atoms with Gasteiger partial charge < -0.3 is 9.30 Å². The molecule has 0 aliphatic heterocycles. The van der Waals surface area contributed by atoms with Crippen LogP contribution in [-0.4, -0.2) is 29.8 Å². The van der Waals surface area contributed by atoms with E-state index >= 15 is 0 Å². The second kappa shape index (κ2) is 7.12. The van der Waals surface area contributed by atoms with E-state index in [-0.39, 0.29) is 11.9 Å². The summed E-state index contributed by atoms with van der Waals surface area (Å²) in [6.45, 7) is 7.34. The van der Waals surface area contributed by atoms with Crippen molar-refractivity contribution in [1.82, 2.24) is 9.99 Å². The highest BCUT2D eigenvalue weighted by atomic mass is 16.5. The number of esters is 1. The van der Waals surface area contributed by atoms with Gasteiger partial charge in [0.05, 0.1) is 18.9 Å². The quantitative estimate of drug-likeness (QED) is 0.533. The van der Waals surface area contributed by atoms with E-state index in [0.717, 1.165) is 28.2 Å². The number of nitrogens with zero attached hydrogens (tertiary/aromatic N) is 2. The minimum Gasteiger partial charge on any atom is -0.465 e. The van der Waals surface area contributed by atoms with Gasteiger partial charge in [0.15, 0.2) is 0 Å². The van der Waals surface area contributed by atoms with Gasteiger partial charge in [-0.3, -0.25) is 4.79 Å². The van der Waals surface area contributed by atoms with Gasteiger partial charge in [0.2, 0.25) is 5.91 Å². The molecule has 0 saturated carbocycles. The molecule has 2 aromatic rings. The molecular weight excluding hydrogens is 306 g/mol. The summed E-state index contributed by atoms with van der Waals surface area (Å²) < 4.78 is 6.85. The fourth-order valence-corrected chi connectivity index (χ4v) is 2.58. The van der Waals surface area contributed by atoms with Crippen molar-refractivity contribution in [1.29, 1.82) is 0 Å². The lowest BCUT2D eigenvalue weighted by Gasteiger charge is -2.14. The van der Waals surface area contributed by atoms with Crippen LogP contribution in [0.5, 0.6) is 0 Å². The third-order valence-corrected chi connectivity index (χ3v) is 3.77. The van der Waals surface area contributed by atoms with Gasteiger partial charge in [0.1, 0.15) is 0 Å². The third kappa shape index (κ3) is 3.53. The second-order valence-electron chi connectivity index (χ2n) is 5.58. The van der Waals surface area contributed by atoms with Crippen LogP contribution in [0.3, 0.4) is 0 Å². The maximum atomic E-state index is 11.8. The molecule has 0 unspecified atom stereocenters. The Morgan fingerprint density at radius 2 is 1.92 bits per heavy atom. The average Bonchev–Trinajstić information content (AvgIpc) is 2.81. The Morgan fingerprint density at radius 3 is 2.54 bits per heavy atom. The topological polar surface area (TPSA) is 72.7 Å². The summed E-state index contributed by atoms with van der Waals surface area (Å²) in [5, 5.41) is 3.92. The number of aromatic nitrogens is 1. The summed E-state index contributed by atoms with van der Waals surface area (Å²) in [6, 6.07) is 7.43. The van der Waals surface area contributed by atoms with Crippen LogP contribution < -0.4 is 5.43 Å². The number of ether oxygens (including phenoxy) is 1. The molecule has 0 aliphatic carbocycles. The Hall–Kier alpha value is -2.89. The molecule has 6 heteroatoms. The molecule has 2 rings (SSSR count). The SMILES string of the molecule is COC(=O)c1ccc(C)c(-n2c(C)cc(/C=N\NC(C)=O)c2C)c1. The van der Waals surface area contributed by atoms with Crippen molar-refractivity contribution < 1.29 is 14.3 Å². The number of hydrogen-bond donors (Lipinski definition) is 1. The zero-order chi connectivity index (χ0) is 17.9. The Morgan fingerprint density at radius 1 is 1.21 bits per heavy atom. The number of benzene rings is 1. The standard InChI is InChI=1S/C18H21N3O3/c1-11-6-7-15(18(23)24-5)9-17(11)21-12(2)8-16(13(21)3)10-19-20-14(4)22/h6-10H,1-5H3,(H,20,22)/b19-10-. The Labute approximate surface area is 141 Å². The number of carbonyl (C=O) groups is 2. The third-order valence-electron chi connectivity index (χ3n) is 3.77. The van der Waals surface area contributed by atoms with Gasteiger partial charge in [-0.15, -0.1) is 0 Å². The molecular formula is C18H21N3O3. The lowest BCUT2D eigenvalue weighted by Crippen LogP contribution is -2.12. The summed E-state index contributed by atoms with van der Waals surface area (Å²) in [4.78, 5) is 22.7. The molecule has 0 bridgehead atoms. The Bertz CT molecular complexity index is 819. The van der Waals surface area contributed by atoms with E-state index in [0.29, 0.717) is 5.56 Å². The predicted molar refractivity (Wildman–Crippen MR) is 92.7 cm³/mol. The normalized spacial score (nSPS) is 10.9. The highest BCUT2D eigenvalue weighted by Gasteiger charge is 2.14. The zero-order valence-corrected chi connectivity index (χ0v) is 14.5. The van der Waals surface area contributed by atoms with Gasteiger partial charge in [-0.25, -0.2) is 10.2 Å². The molecule has 1 aromatic carbocycles. The first-order valence-electron chi connectivity index (χ1n) is 7.53. The second-order valence-corrected chi connectivity index (χ2v) is 5.58. The maximum absolute atomic E-state index is 11.8. The van der Waals surface area contributed by atoms with E-state index in [1.807, 2.05) is 39.0 Å². The fourth-order valence-electron chi connectivity index (χ4n) is 2.58. The number of aryl methyl sites for hydroxylation is 2. The maximum Gasteiger partial charge on any atom is 0.337 e. The summed E-state index contributed by atoms with van der Waals surface area (Å²) in [5.74, 6) is -0.590. The van der Waals surface area contributed by atoms with Crippen molar-refractivity contribution in [3.05, 3.63) is 52.3 Å². The highest BCUT2D eigenvalue weighted by Crippen LogP contribution is 2.24. The molecule has 0 fully saturated rings. The summed E-state index contributed by atoms with van der Waals surface area (Å²) >= 11 is 0. The predicted octanol–water partition coefficient (Wildman–Crippen LogP) is 2.66. The van der Waals surface area contributed by atoms with Crippen LogP contribution >= 0.6 is 0 Å². The van der Waals surface area contributed by atoms with Crippen LogP contribution in [0, 0.1) is 20.8 Å². The molecule has 0 saturated heterocycles. The molecule has 126 valence electrons. The van der Waals surface area contributed by atoms with Crippen molar-refractivity contribution in [3.63, 3.8) is 0 Å². The van der Waals surface area contributed by atoms with Gasteiger partial charge in [-0.1, -0.05) is 6.07 Å². The van der Waals surface area contributed by atoms with Crippen LogP contribution in [0.1, 0.15) is 39.8 Å². The van der Waals surface area contributed by atoms with Crippen LogP contribution in [-0.2, 0) is 9.53 Å².